The first-order chi connectivity index (χ1) is 31.5. The van der Waals surface area contributed by atoms with Gasteiger partial charge in [0.1, 0.15) is 11.2 Å². The minimum absolute atomic E-state index is 0.765. The maximum Gasteiger partial charge on any atom is 0.160 e. The van der Waals surface area contributed by atoms with Gasteiger partial charge in [-0.05, 0) is 138 Å². The molecule has 0 N–H and O–H groups in total. The van der Waals surface area contributed by atoms with E-state index in [1.165, 1.54) is 147 Å². The van der Waals surface area contributed by atoms with Crippen LogP contribution in [0.5, 0.6) is 0 Å². The Balaban J connectivity index is 1.14. The Bertz CT molecular complexity index is 3300. The zero-order chi connectivity index (χ0) is 43.6. The highest BCUT2D eigenvalue weighted by atomic mass is 32.1. The number of nitrogens with zero attached hydrogens (tertiary/aromatic N) is 2. The Morgan fingerprint density at radius 3 is 1.92 bits per heavy atom. The average Bonchev–Trinajstić information content (AvgIpc) is 3.87. The van der Waals surface area contributed by atoms with Gasteiger partial charge in [0, 0.05) is 47.6 Å². The summed E-state index contributed by atoms with van der Waals surface area (Å²) >= 11 is 1.82. The van der Waals surface area contributed by atoms with E-state index in [0.29, 0.717) is 0 Å². The largest absolute Gasteiger partial charge is 0.456 e. The van der Waals surface area contributed by atoms with Crippen LogP contribution in [0.3, 0.4) is 0 Å². The number of aryl methyl sites for hydroxylation is 4. The van der Waals surface area contributed by atoms with Crippen LogP contribution >= 0.6 is 11.3 Å². The molecule has 0 saturated heterocycles. The lowest BCUT2D eigenvalue weighted by Gasteiger charge is -2.17. The Morgan fingerprint density at radius 2 is 1.12 bits per heavy atom. The van der Waals surface area contributed by atoms with Crippen LogP contribution in [0.4, 0.5) is 0 Å². The van der Waals surface area contributed by atoms with Crippen molar-refractivity contribution in [3.8, 4) is 33.9 Å². The smallest absolute Gasteiger partial charge is 0.160 e. The number of hydrogen-bond donors (Lipinski definition) is 0. The highest BCUT2D eigenvalue weighted by Crippen LogP contribution is 2.42. The molecule has 0 aliphatic rings. The van der Waals surface area contributed by atoms with Crippen LogP contribution < -0.4 is 0 Å². The third-order valence-electron chi connectivity index (χ3n) is 13.8. The molecule has 322 valence electrons. The molecular weight excluding hydrogens is 797 g/mol. The van der Waals surface area contributed by atoms with Crippen molar-refractivity contribution in [2.75, 3.05) is 0 Å². The molecule has 0 fully saturated rings. The predicted molar refractivity (Wildman–Crippen MR) is 277 cm³/mol. The van der Waals surface area contributed by atoms with E-state index in [2.05, 4.69) is 143 Å². The highest BCUT2D eigenvalue weighted by Gasteiger charge is 2.19. The predicted octanol–water partition coefficient (Wildman–Crippen LogP) is 18.5. The number of hydrogen-bond acceptors (Lipinski definition) is 4. The molecule has 0 spiro atoms. The molecule has 3 aromatic heterocycles. The highest BCUT2D eigenvalue weighted by molar-refractivity contribution is 7.25. The summed E-state index contributed by atoms with van der Waals surface area (Å²) in [5, 5.41) is 9.82. The summed E-state index contributed by atoms with van der Waals surface area (Å²) in [5.74, 6) is 0.765. The molecule has 10 rings (SSSR count). The minimum Gasteiger partial charge on any atom is -0.456 e. The number of para-hydroxylation sites is 1. The number of furan rings is 1. The van der Waals surface area contributed by atoms with Gasteiger partial charge in [-0.15, -0.1) is 11.3 Å². The normalized spacial score (nSPS) is 12.0. The van der Waals surface area contributed by atoms with Crippen LogP contribution in [0.25, 0.3) is 97.6 Å². The van der Waals surface area contributed by atoms with Crippen molar-refractivity contribution in [1.29, 1.82) is 0 Å². The summed E-state index contributed by atoms with van der Waals surface area (Å²) in [6, 6.07) is 45.0. The van der Waals surface area contributed by atoms with Gasteiger partial charge in [-0.3, -0.25) is 0 Å². The first-order valence-electron chi connectivity index (χ1n) is 24.2. The van der Waals surface area contributed by atoms with E-state index < -0.39 is 0 Å². The van der Waals surface area contributed by atoms with Crippen molar-refractivity contribution in [1.82, 2.24) is 9.97 Å². The molecule has 0 radical (unpaired) electrons. The molecule has 3 nitrogen and oxygen atoms in total. The molecule has 0 aliphatic heterocycles. The van der Waals surface area contributed by atoms with Gasteiger partial charge in [-0.1, -0.05) is 145 Å². The maximum atomic E-state index is 6.32. The van der Waals surface area contributed by atoms with E-state index in [9.17, 15) is 0 Å². The molecule has 0 saturated carbocycles. The fourth-order valence-corrected chi connectivity index (χ4v) is 11.3. The minimum atomic E-state index is 0.765. The molecule has 10 aromatic rings. The van der Waals surface area contributed by atoms with Gasteiger partial charge >= 0.3 is 0 Å². The van der Waals surface area contributed by atoms with E-state index in [0.717, 1.165) is 63.1 Å². The molecular formula is C60H60N2OS. The topological polar surface area (TPSA) is 38.9 Å². The Labute approximate surface area is 382 Å². The van der Waals surface area contributed by atoms with Crippen molar-refractivity contribution in [2.24, 2.45) is 0 Å². The Morgan fingerprint density at radius 1 is 0.453 bits per heavy atom. The Kier molecular flexibility index (Phi) is 12.3. The molecule has 7 aromatic carbocycles. The van der Waals surface area contributed by atoms with Crippen LogP contribution in [0.1, 0.15) is 113 Å². The third-order valence-corrected chi connectivity index (χ3v) is 15.0. The van der Waals surface area contributed by atoms with Gasteiger partial charge in [0.2, 0.25) is 0 Å². The van der Waals surface area contributed by atoms with Crippen molar-refractivity contribution in [3.05, 3.63) is 144 Å². The number of benzene rings is 7. The summed E-state index contributed by atoms with van der Waals surface area (Å²) in [5.41, 5.74) is 12.9. The summed E-state index contributed by atoms with van der Waals surface area (Å²) in [6.07, 6.45) is 17.6. The molecule has 0 unspecified atom stereocenters. The lowest BCUT2D eigenvalue weighted by Crippen LogP contribution is -2.02. The quantitative estimate of drug-likeness (QED) is 0.0676. The zero-order valence-electron chi connectivity index (χ0n) is 38.2. The van der Waals surface area contributed by atoms with Gasteiger partial charge in [-0.25, -0.2) is 9.97 Å². The molecule has 0 bridgehead atoms. The van der Waals surface area contributed by atoms with Gasteiger partial charge in [-0.2, -0.15) is 0 Å². The SMILES string of the molecule is CCCCCCCCc1cc(-c2cc(-c3cccc4c(C)c5ccccc5cc34)nc(-c3ccc4sc5cc6oc7ccccc7c6cc5c4c3)n2)c(CCCCCCCC)cc1C. The molecule has 0 atom stereocenters. The first-order valence-corrected chi connectivity index (χ1v) is 25.0. The number of fused-ring (bicyclic) bond motifs is 8. The van der Waals surface area contributed by atoms with E-state index in [4.69, 9.17) is 14.4 Å². The van der Waals surface area contributed by atoms with Crippen LogP contribution in [-0.4, -0.2) is 9.97 Å². The van der Waals surface area contributed by atoms with Gasteiger partial charge in [0.25, 0.3) is 0 Å². The van der Waals surface area contributed by atoms with Crippen LogP contribution in [0.2, 0.25) is 0 Å². The second kappa shape index (κ2) is 18.7. The second-order valence-corrected chi connectivity index (χ2v) is 19.4. The van der Waals surface area contributed by atoms with E-state index >= 15 is 0 Å². The van der Waals surface area contributed by atoms with Crippen LogP contribution in [0.15, 0.2) is 126 Å². The van der Waals surface area contributed by atoms with Crippen molar-refractivity contribution in [2.45, 2.75) is 118 Å². The van der Waals surface area contributed by atoms with Crippen molar-refractivity contribution < 1.29 is 4.42 Å². The van der Waals surface area contributed by atoms with Gasteiger partial charge in [0.05, 0.1) is 11.4 Å². The number of aromatic nitrogens is 2. The fourth-order valence-electron chi connectivity index (χ4n) is 10.2. The molecule has 3 heterocycles. The monoisotopic (exact) mass is 856 g/mol. The van der Waals surface area contributed by atoms with E-state index in [1.807, 2.05) is 17.4 Å². The zero-order valence-corrected chi connectivity index (χ0v) is 39.0. The van der Waals surface area contributed by atoms with E-state index in [-0.39, 0.29) is 0 Å². The fraction of sp³-hybridized carbons (Fsp3) is 0.300. The lowest BCUT2D eigenvalue weighted by atomic mass is 9.90. The number of thiophene rings is 1. The lowest BCUT2D eigenvalue weighted by molar-refractivity contribution is 0.605. The molecule has 4 heteroatoms. The first kappa shape index (κ1) is 42.1. The van der Waals surface area contributed by atoms with Crippen molar-refractivity contribution >= 4 is 75.0 Å². The van der Waals surface area contributed by atoms with Crippen LogP contribution in [0, 0.1) is 13.8 Å². The summed E-state index contributed by atoms with van der Waals surface area (Å²) in [6.45, 7) is 9.19. The third kappa shape index (κ3) is 8.34. The molecule has 0 aliphatic carbocycles. The summed E-state index contributed by atoms with van der Waals surface area (Å²) in [4.78, 5) is 11.2. The second-order valence-electron chi connectivity index (χ2n) is 18.3. The van der Waals surface area contributed by atoms with Crippen LogP contribution in [-0.2, 0) is 12.8 Å². The summed E-state index contributed by atoms with van der Waals surface area (Å²) in [7, 11) is 0. The number of rotatable bonds is 17. The van der Waals surface area contributed by atoms with Gasteiger partial charge < -0.3 is 4.42 Å². The molecule has 0 amide bonds. The average molecular weight is 857 g/mol. The number of unbranched alkanes of at least 4 members (excludes halogenated alkanes) is 10. The van der Waals surface area contributed by atoms with Gasteiger partial charge in [0.15, 0.2) is 5.82 Å². The summed E-state index contributed by atoms with van der Waals surface area (Å²) < 4.78 is 8.80. The maximum absolute atomic E-state index is 6.32. The Hall–Kier alpha value is -5.84. The standard InChI is InChI=1S/C60H60N2OS/c1-5-7-9-11-13-15-22-41-33-49(42(32-39(41)3)23-16-14-12-10-8-6-2)55-37-54(47-28-21-27-46-40(4)45-25-18-17-24-43(45)34-50(46)47)61-60(62-55)44-30-31-58-52(35-44)53-36-51-48-26-19-20-29-56(48)63-57(51)38-59(53)64-58/h17-21,24-38H,5-16,22-23H2,1-4H3. The molecule has 64 heavy (non-hydrogen) atoms. The van der Waals surface area contributed by atoms with E-state index in [1.54, 1.807) is 0 Å². The van der Waals surface area contributed by atoms with Crippen molar-refractivity contribution in [3.63, 3.8) is 0 Å².